The van der Waals surface area contributed by atoms with Crippen molar-refractivity contribution in [3.63, 3.8) is 0 Å². The number of benzene rings is 3. The maximum Gasteiger partial charge on any atom is 0.335 e. The number of carboxylic acids is 1. The van der Waals surface area contributed by atoms with E-state index in [1.807, 2.05) is 19.9 Å². The van der Waals surface area contributed by atoms with Gasteiger partial charge in [0.15, 0.2) is 0 Å². The number of nitrogens with one attached hydrogen (secondary N) is 1. The Bertz CT molecular complexity index is 1070. The van der Waals surface area contributed by atoms with Crippen LogP contribution in [-0.4, -0.2) is 19.5 Å². The first-order valence-electron chi connectivity index (χ1n) is 7.63. The van der Waals surface area contributed by atoms with Gasteiger partial charge in [-0.3, -0.25) is 4.72 Å². The quantitative estimate of drug-likeness (QED) is 0.742. The molecule has 0 saturated heterocycles. The van der Waals surface area contributed by atoms with E-state index in [1.54, 1.807) is 42.5 Å². The van der Waals surface area contributed by atoms with E-state index in [-0.39, 0.29) is 10.5 Å². The Balaban J connectivity index is 1.96. The zero-order chi connectivity index (χ0) is 18.2. The van der Waals surface area contributed by atoms with Gasteiger partial charge in [-0.15, -0.1) is 0 Å². The smallest absolute Gasteiger partial charge is 0.335 e. The molecule has 3 aromatic carbocycles. The fraction of sp³-hybridized carbons (Fsp3) is 0.105. The third-order valence-electron chi connectivity index (χ3n) is 3.84. The number of aryl methyl sites for hydroxylation is 2. The lowest BCUT2D eigenvalue weighted by molar-refractivity contribution is 0.0697. The molecule has 0 heterocycles. The zero-order valence-corrected chi connectivity index (χ0v) is 14.6. The molecule has 0 radical (unpaired) electrons. The highest BCUT2D eigenvalue weighted by molar-refractivity contribution is 7.92. The molecule has 3 rings (SSSR count). The van der Waals surface area contributed by atoms with E-state index in [9.17, 15) is 13.2 Å². The average molecular weight is 355 g/mol. The van der Waals surface area contributed by atoms with Crippen molar-refractivity contribution in [2.24, 2.45) is 0 Å². The van der Waals surface area contributed by atoms with Crippen LogP contribution < -0.4 is 4.72 Å². The predicted molar refractivity (Wildman–Crippen MR) is 97.6 cm³/mol. The number of carbonyl (C=O) groups is 1. The second-order valence-corrected chi connectivity index (χ2v) is 7.69. The van der Waals surface area contributed by atoms with Crippen molar-refractivity contribution < 1.29 is 18.3 Å². The molecule has 0 atom stereocenters. The van der Waals surface area contributed by atoms with Crippen LogP contribution >= 0.6 is 0 Å². The summed E-state index contributed by atoms with van der Waals surface area (Å²) in [7, 11) is -3.69. The van der Waals surface area contributed by atoms with E-state index >= 15 is 0 Å². The lowest BCUT2D eigenvalue weighted by atomic mass is 10.1. The van der Waals surface area contributed by atoms with Crippen LogP contribution in [0.4, 0.5) is 5.69 Å². The largest absolute Gasteiger partial charge is 0.478 e. The Morgan fingerprint density at radius 3 is 2.12 bits per heavy atom. The van der Waals surface area contributed by atoms with Gasteiger partial charge in [-0.2, -0.15) is 0 Å². The maximum absolute atomic E-state index is 12.6. The number of hydrogen-bond acceptors (Lipinski definition) is 3. The van der Waals surface area contributed by atoms with Crippen LogP contribution in [-0.2, 0) is 10.0 Å². The summed E-state index contributed by atoms with van der Waals surface area (Å²) in [6.07, 6.45) is 0. The topological polar surface area (TPSA) is 83.5 Å². The van der Waals surface area contributed by atoms with Crippen molar-refractivity contribution in [3.8, 4) is 0 Å². The molecular weight excluding hydrogens is 338 g/mol. The van der Waals surface area contributed by atoms with Crippen LogP contribution in [0.2, 0.25) is 0 Å². The molecule has 6 heteroatoms. The summed E-state index contributed by atoms with van der Waals surface area (Å²) in [5.41, 5.74) is 2.37. The molecule has 2 N–H and O–H groups in total. The minimum absolute atomic E-state index is 0.191. The average Bonchev–Trinajstić information content (AvgIpc) is 2.53. The van der Waals surface area contributed by atoms with Gasteiger partial charge in [0, 0.05) is 5.69 Å². The van der Waals surface area contributed by atoms with Gasteiger partial charge in [0.05, 0.1) is 10.5 Å². The molecule has 128 valence electrons. The van der Waals surface area contributed by atoms with Gasteiger partial charge >= 0.3 is 5.97 Å². The Morgan fingerprint density at radius 2 is 1.48 bits per heavy atom. The number of aromatic carboxylic acids is 1. The third-order valence-corrected chi connectivity index (χ3v) is 5.21. The van der Waals surface area contributed by atoms with Crippen LogP contribution in [0.5, 0.6) is 0 Å². The van der Waals surface area contributed by atoms with E-state index in [0.29, 0.717) is 5.69 Å². The zero-order valence-electron chi connectivity index (χ0n) is 13.8. The SMILES string of the molecule is Cc1cc(C)cc(S(=O)(=O)Nc2ccc3cc(C(=O)O)ccc3c2)c1. The molecule has 0 unspecified atom stereocenters. The number of rotatable bonds is 4. The van der Waals surface area contributed by atoms with Crippen molar-refractivity contribution >= 4 is 32.5 Å². The molecule has 5 nitrogen and oxygen atoms in total. The van der Waals surface area contributed by atoms with Gasteiger partial charge in [-0.1, -0.05) is 18.2 Å². The van der Waals surface area contributed by atoms with Crippen molar-refractivity contribution in [1.82, 2.24) is 0 Å². The molecule has 0 saturated carbocycles. The Labute approximate surface area is 146 Å². The van der Waals surface area contributed by atoms with Crippen molar-refractivity contribution in [2.75, 3.05) is 4.72 Å². The fourth-order valence-electron chi connectivity index (χ4n) is 2.74. The van der Waals surface area contributed by atoms with E-state index in [2.05, 4.69) is 4.72 Å². The number of fused-ring (bicyclic) bond motifs is 1. The van der Waals surface area contributed by atoms with Gasteiger partial charge in [-0.25, -0.2) is 13.2 Å². The Hall–Kier alpha value is -2.86. The maximum atomic E-state index is 12.6. The molecule has 0 aliphatic rings. The molecule has 0 aromatic heterocycles. The highest BCUT2D eigenvalue weighted by Gasteiger charge is 2.15. The highest BCUT2D eigenvalue weighted by Crippen LogP contribution is 2.24. The predicted octanol–water partition coefficient (Wildman–Crippen LogP) is 3.96. The van der Waals surface area contributed by atoms with Crippen LogP contribution in [0.15, 0.2) is 59.5 Å². The van der Waals surface area contributed by atoms with Crippen LogP contribution in [0.25, 0.3) is 10.8 Å². The van der Waals surface area contributed by atoms with Crippen LogP contribution in [0.1, 0.15) is 21.5 Å². The number of sulfonamides is 1. The fourth-order valence-corrected chi connectivity index (χ4v) is 3.98. The Morgan fingerprint density at radius 1 is 0.880 bits per heavy atom. The van der Waals surface area contributed by atoms with Gasteiger partial charge < -0.3 is 5.11 Å². The molecule has 0 aliphatic heterocycles. The summed E-state index contributed by atoms with van der Waals surface area (Å²) in [5.74, 6) is -0.999. The first-order chi connectivity index (χ1) is 11.7. The molecule has 0 spiro atoms. The summed E-state index contributed by atoms with van der Waals surface area (Å²) in [4.78, 5) is 11.2. The normalized spacial score (nSPS) is 11.4. The lowest BCUT2D eigenvalue weighted by Gasteiger charge is -2.11. The molecule has 25 heavy (non-hydrogen) atoms. The first kappa shape index (κ1) is 17.0. The lowest BCUT2D eigenvalue weighted by Crippen LogP contribution is -2.13. The number of anilines is 1. The van der Waals surface area contributed by atoms with Gasteiger partial charge in [0.25, 0.3) is 10.0 Å². The van der Waals surface area contributed by atoms with Gasteiger partial charge in [-0.05, 0) is 72.1 Å². The first-order valence-corrected chi connectivity index (χ1v) is 9.11. The standard InChI is InChI=1S/C19H17NO4S/c1-12-7-13(2)9-18(8-12)25(23,24)20-17-6-5-14-10-16(19(21)22)4-3-15(14)11-17/h3-11,20H,1-2H3,(H,21,22). The van der Waals surface area contributed by atoms with Crippen LogP contribution in [0.3, 0.4) is 0 Å². The molecule has 0 amide bonds. The summed E-state index contributed by atoms with van der Waals surface area (Å²) in [6, 6.07) is 14.9. The van der Waals surface area contributed by atoms with Crippen molar-refractivity contribution in [2.45, 2.75) is 18.7 Å². The summed E-state index contributed by atoms with van der Waals surface area (Å²) >= 11 is 0. The van der Waals surface area contributed by atoms with E-state index in [1.165, 1.54) is 6.07 Å². The summed E-state index contributed by atoms with van der Waals surface area (Å²) in [5, 5.41) is 10.5. The van der Waals surface area contributed by atoms with E-state index in [4.69, 9.17) is 5.11 Å². The number of hydrogen-bond donors (Lipinski definition) is 2. The third kappa shape index (κ3) is 3.64. The second-order valence-electron chi connectivity index (χ2n) is 6.01. The molecule has 0 bridgehead atoms. The minimum Gasteiger partial charge on any atom is -0.478 e. The van der Waals surface area contributed by atoms with Gasteiger partial charge in [0.2, 0.25) is 0 Å². The summed E-state index contributed by atoms with van der Waals surface area (Å²) in [6.45, 7) is 3.70. The highest BCUT2D eigenvalue weighted by atomic mass is 32.2. The molecular formula is C19H17NO4S. The summed E-state index contributed by atoms with van der Waals surface area (Å²) < 4.78 is 27.8. The number of carboxylic acid groups (broad SMARTS) is 1. The van der Waals surface area contributed by atoms with E-state index in [0.717, 1.165) is 21.9 Å². The van der Waals surface area contributed by atoms with Crippen molar-refractivity contribution in [3.05, 3.63) is 71.3 Å². The van der Waals surface area contributed by atoms with Gasteiger partial charge in [0.1, 0.15) is 0 Å². The minimum atomic E-state index is -3.69. The van der Waals surface area contributed by atoms with E-state index < -0.39 is 16.0 Å². The monoisotopic (exact) mass is 355 g/mol. The molecule has 0 aliphatic carbocycles. The second kappa shape index (κ2) is 6.22. The van der Waals surface area contributed by atoms with Crippen LogP contribution in [0, 0.1) is 13.8 Å². The Kier molecular flexibility index (Phi) is 4.22. The van der Waals surface area contributed by atoms with Crippen molar-refractivity contribution in [1.29, 1.82) is 0 Å². The molecule has 0 fully saturated rings. The molecule has 3 aromatic rings.